The zero-order valence-corrected chi connectivity index (χ0v) is 13.3. The van der Waals surface area contributed by atoms with Crippen LogP contribution in [-0.4, -0.2) is 13.4 Å². The zero-order valence-electron chi connectivity index (χ0n) is 9.27. The van der Waals surface area contributed by atoms with Gasteiger partial charge in [-0.3, -0.25) is 9.71 Å². The predicted molar refractivity (Wildman–Crippen MR) is 76.8 cm³/mol. The molecule has 1 aromatic carbocycles. The van der Waals surface area contributed by atoms with Gasteiger partial charge in [0.25, 0.3) is 10.0 Å². The molecule has 4 nitrogen and oxygen atoms in total. The van der Waals surface area contributed by atoms with Gasteiger partial charge in [0.1, 0.15) is 10.7 Å². The van der Waals surface area contributed by atoms with Crippen LogP contribution >= 0.6 is 31.9 Å². The van der Waals surface area contributed by atoms with Gasteiger partial charge < -0.3 is 0 Å². The molecule has 100 valence electrons. The normalized spacial score (nSPS) is 11.3. The van der Waals surface area contributed by atoms with E-state index in [9.17, 15) is 12.8 Å². The van der Waals surface area contributed by atoms with Gasteiger partial charge in [0.15, 0.2) is 0 Å². The molecule has 1 aromatic heterocycles. The van der Waals surface area contributed by atoms with Crippen molar-refractivity contribution in [3.63, 3.8) is 0 Å². The maximum absolute atomic E-state index is 13.0. The van der Waals surface area contributed by atoms with Gasteiger partial charge >= 0.3 is 0 Å². The van der Waals surface area contributed by atoms with E-state index in [1.54, 1.807) is 0 Å². The van der Waals surface area contributed by atoms with E-state index in [2.05, 4.69) is 41.6 Å². The van der Waals surface area contributed by atoms with Crippen LogP contribution in [0.3, 0.4) is 0 Å². The molecule has 0 atom stereocenters. The molecule has 2 aromatic rings. The number of hydrogen-bond donors (Lipinski definition) is 1. The molecule has 0 radical (unpaired) electrons. The molecular weight excluding hydrogens is 403 g/mol. The van der Waals surface area contributed by atoms with Crippen molar-refractivity contribution in [2.24, 2.45) is 0 Å². The third kappa shape index (κ3) is 3.31. The quantitative estimate of drug-likeness (QED) is 0.843. The van der Waals surface area contributed by atoms with Gasteiger partial charge in [-0.05, 0) is 56.1 Å². The van der Waals surface area contributed by atoms with Crippen LogP contribution < -0.4 is 4.72 Å². The highest BCUT2D eigenvalue weighted by molar-refractivity contribution is 9.11. The van der Waals surface area contributed by atoms with E-state index in [0.717, 1.165) is 12.1 Å². The molecule has 0 aliphatic rings. The number of rotatable bonds is 3. The van der Waals surface area contributed by atoms with E-state index in [-0.39, 0.29) is 9.37 Å². The molecule has 0 amide bonds. The molecule has 19 heavy (non-hydrogen) atoms. The van der Waals surface area contributed by atoms with Gasteiger partial charge in [0, 0.05) is 16.9 Å². The fourth-order valence-corrected chi connectivity index (χ4v) is 3.96. The average molecular weight is 410 g/mol. The summed E-state index contributed by atoms with van der Waals surface area (Å²) in [6, 6.07) is 4.88. The molecule has 1 heterocycles. The molecule has 8 heteroatoms. The lowest BCUT2D eigenvalue weighted by atomic mass is 10.3. The van der Waals surface area contributed by atoms with E-state index in [4.69, 9.17) is 0 Å². The lowest BCUT2D eigenvalue weighted by Gasteiger charge is -2.10. The molecule has 0 fully saturated rings. The number of anilines is 1. The summed E-state index contributed by atoms with van der Waals surface area (Å²) in [5.74, 6) is -0.518. The van der Waals surface area contributed by atoms with Crippen molar-refractivity contribution in [1.29, 1.82) is 0 Å². The van der Waals surface area contributed by atoms with Crippen LogP contribution in [0.2, 0.25) is 0 Å². The van der Waals surface area contributed by atoms with Gasteiger partial charge in [-0.1, -0.05) is 0 Å². The minimum atomic E-state index is -3.80. The van der Waals surface area contributed by atoms with Crippen LogP contribution in [0.4, 0.5) is 10.1 Å². The Bertz CT molecular complexity index is 722. The predicted octanol–water partition coefficient (Wildman–Crippen LogP) is 3.55. The summed E-state index contributed by atoms with van der Waals surface area (Å²) in [6.45, 7) is 0. The monoisotopic (exact) mass is 408 g/mol. The number of pyridine rings is 1. The Labute approximate surface area is 126 Å². The summed E-state index contributed by atoms with van der Waals surface area (Å²) in [6.07, 6.45) is 2.93. The highest BCUT2D eigenvalue weighted by Crippen LogP contribution is 2.27. The van der Waals surface area contributed by atoms with Crippen LogP contribution in [0.25, 0.3) is 0 Å². The standard InChI is InChI=1S/C11H7Br2FN2O2S/c12-8-5-7(14)1-2-11(8)19(17,18)16-10-3-4-15-6-9(10)13/h1-6H,(H,15,16). The first-order valence-electron chi connectivity index (χ1n) is 4.97. The SMILES string of the molecule is O=S(=O)(Nc1ccncc1Br)c1ccc(F)cc1Br. The van der Waals surface area contributed by atoms with Gasteiger partial charge in [-0.15, -0.1) is 0 Å². The van der Waals surface area contributed by atoms with Crippen molar-refractivity contribution in [2.75, 3.05) is 4.72 Å². The number of sulfonamides is 1. The van der Waals surface area contributed by atoms with E-state index < -0.39 is 15.8 Å². The van der Waals surface area contributed by atoms with Crippen LogP contribution in [0, 0.1) is 5.82 Å². The van der Waals surface area contributed by atoms with E-state index in [0.29, 0.717) is 10.2 Å². The molecule has 0 aliphatic heterocycles. The summed E-state index contributed by atoms with van der Waals surface area (Å²) in [7, 11) is -3.80. The second kappa shape index (κ2) is 5.56. The van der Waals surface area contributed by atoms with E-state index >= 15 is 0 Å². The lowest BCUT2D eigenvalue weighted by Crippen LogP contribution is -2.14. The summed E-state index contributed by atoms with van der Waals surface area (Å²) < 4.78 is 40.4. The summed E-state index contributed by atoms with van der Waals surface area (Å²) >= 11 is 6.22. The summed E-state index contributed by atoms with van der Waals surface area (Å²) in [5, 5.41) is 0. The van der Waals surface area contributed by atoms with Gasteiger partial charge in [0.05, 0.1) is 10.2 Å². The Hall–Kier alpha value is -0.990. The number of hydrogen-bond acceptors (Lipinski definition) is 3. The summed E-state index contributed by atoms with van der Waals surface area (Å²) in [4.78, 5) is 3.79. The third-order valence-electron chi connectivity index (χ3n) is 2.20. The van der Waals surface area contributed by atoms with Gasteiger partial charge in [0.2, 0.25) is 0 Å². The molecular formula is C11H7Br2FN2O2S. The topological polar surface area (TPSA) is 59.1 Å². The molecule has 0 saturated heterocycles. The van der Waals surface area contributed by atoms with Crippen LogP contribution in [-0.2, 0) is 10.0 Å². The van der Waals surface area contributed by atoms with Crippen molar-refractivity contribution in [3.8, 4) is 0 Å². The first-order valence-corrected chi connectivity index (χ1v) is 8.04. The highest BCUT2D eigenvalue weighted by Gasteiger charge is 2.19. The van der Waals surface area contributed by atoms with Crippen LogP contribution in [0.15, 0.2) is 50.5 Å². The Balaban J connectivity index is 2.41. The maximum Gasteiger partial charge on any atom is 0.263 e. The lowest BCUT2D eigenvalue weighted by molar-refractivity contribution is 0.599. The Morgan fingerprint density at radius 2 is 1.89 bits per heavy atom. The Kier molecular flexibility index (Phi) is 4.22. The van der Waals surface area contributed by atoms with Crippen molar-refractivity contribution in [3.05, 3.63) is 51.4 Å². The smallest absolute Gasteiger partial charge is 0.263 e. The van der Waals surface area contributed by atoms with E-state index in [1.165, 1.54) is 24.5 Å². The largest absolute Gasteiger partial charge is 0.278 e. The minimum Gasteiger partial charge on any atom is -0.278 e. The fraction of sp³-hybridized carbons (Fsp3) is 0. The second-order valence-electron chi connectivity index (χ2n) is 3.54. The van der Waals surface area contributed by atoms with Crippen molar-refractivity contribution < 1.29 is 12.8 Å². The first kappa shape index (κ1) is 14.4. The summed E-state index contributed by atoms with van der Waals surface area (Å²) in [5.41, 5.74) is 0.353. The Morgan fingerprint density at radius 3 is 2.53 bits per heavy atom. The van der Waals surface area contributed by atoms with Crippen molar-refractivity contribution in [2.45, 2.75) is 4.90 Å². The van der Waals surface area contributed by atoms with Gasteiger partial charge in [-0.2, -0.15) is 0 Å². The molecule has 0 unspecified atom stereocenters. The first-order chi connectivity index (χ1) is 8.90. The number of halogens is 3. The minimum absolute atomic E-state index is 0.0439. The molecule has 2 rings (SSSR count). The zero-order chi connectivity index (χ0) is 14.0. The fourth-order valence-electron chi connectivity index (χ4n) is 1.35. The molecule has 0 spiro atoms. The average Bonchev–Trinajstić information content (AvgIpc) is 2.31. The highest BCUT2D eigenvalue weighted by atomic mass is 79.9. The van der Waals surface area contributed by atoms with Gasteiger partial charge in [-0.25, -0.2) is 12.8 Å². The number of nitrogens with one attached hydrogen (secondary N) is 1. The number of aromatic nitrogens is 1. The maximum atomic E-state index is 13.0. The van der Waals surface area contributed by atoms with Crippen molar-refractivity contribution in [1.82, 2.24) is 4.98 Å². The Morgan fingerprint density at radius 1 is 1.16 bits per heavy atom. The number of nitrogens with zero attached hydrogens (tertiary/aromatic N) is 1. The van der Waals surface area contributed by atoms with E-state index in [1.807, 2.05) is 0 Å². The van der Waals surface area contributed by atoms with Crippen LogP contribution in [0.5, 0.6) is 0 Å². The molecule has 1 N–H and O–H groups in total. The molecule has 0 aliphatic carbocycles. The van der Waals surface area contributed by atoms with Crippen LogP contribution in [0.1, 0.15) is 0 Å². The van der Waals surface area contributed by atoms with Crippen molar-refractivity contribution >= 4 is 47.6 Å². The number of benzene rings is 1. The third-order valence-corrected chi connectivity index (χ3v) is 5.17. The second-order valence-corrected chi connectivity index (χ2v) is 6.90. The molecule has 0 saturated carbocycles. The molecule has 0 bridgehead atoms.